The Kier molecular flexibility index (Phi) is 4.66. The molecule has 0 amide bonds. The topological polar surface area (TPSA) is 71.1 Å². The molecule has 5 heteroatoms. The summed E-state index contributed by atoms with van der Waals surface area (Å²) in [5, 5.41) is 11.6. The highest BCUT2D eigenvalue weighted by Gasteiger charge is 2.05. The number of amidine groups is 1. The van der Waals surface area contributed by atoms with Gasteiger partial charge in [-0.15, -0.1) is 0 Å². The van der Waals surface area contributed by atoms with Crippen LogP contribution in [0.5, 0.6) is 5.75 Å². The van der Waals surface area contributed by atoms with Gasteiger partial charge in [0, 0.05) is 24.8 Å². The Morgan fingerprint density at radius 3 is 2.57 bits per heavy atom. The fourth-order valence-electron chi connectivity index (χ4n) is 2.08. The summed E-state index contributed by atoms with van der Waals surface area (Å²) in [6, 6.07) is 15.5. The van der Waals surface area contributed by atoms with E-state index in [1.165, 1.54) is 0 Å². The normalized spacial score (nSPS) is 11.2. The van der Waals surface area contributed by atoms with Crippen molar-refractivity contribution in [3.8, 4) is 5.75 Å². The molecule has 2 rings (SSSR count). The lowest BCUT2D eigenvalue weighted by atomic mass is 10.1. The fraction of sp³-hybridized carbons (Fsp3) is 0.188. The van der Waals surface area contributed by atoms with Crippen LogP contribution >= 0.6 is 0 Å². The van der Waals surface area contributed by atoms with Gasteiger partial charge in [0.05, 0.1) is 7.11 Å². The molecule has 5 nitrogen and oxygen atoms in total. The van der Waals surface area contributed by atoms with Crippen molar-refractivity contribution in [3.05, 3.63) is 59.7 Å². The number of methoxy groups -OCH3 is 1. The van der Waals surface area contributed by atoms with Gasteiger partial charge in [0.25, 0.3) is 0 Å². The average Bonchev–Trinajstić information content (AvgIpc) is 2.54. The van der Waals surface area contributed by atoms with E-state index < -0.39 is 0 Å². The summed E-state index contributed by atoms with van der Waals surface area (Å²) in [5.74, 6) is 0.958. The number of oxime groups is 1. The summed E-state index contributed by atoms with van der Waals surface area (Å²) < 4.78 is 5.23. The summed E-state index contributed by atoms with van der Waals surface area (Å²) in [6.45, 7) is 0.764. The predicted octanol–water partition coefficient (Wildman–Crippen LogP) is 2.43. The van der Waals surface area contributed by atoms with Gasteiger partial charge >= 0.3 is 0 Å². The quantitative estimate of drug-likeness (QED) is 0.383. The molecule has 0 saturated carbocycles. The smallest absolute Gasteiger partial charge is 0.170 e. The van der Waals surface area contributed by atoms with E-state index in [2.05, 4.69) is 16.1 Å². The molecular weight excluding hydrogens is 266 g/mol. The van der Waals surface area contributed by atoms with Crippen molar-refractivity contribution in [2.75, 3.05) is 19.1 Å². The molecule has 3 N–H and O–H groups in total. The van der Waals surface area contributed by atoms with Crippen LogP contribution in [0.3, 0.4) is 0 Å². The Bertz CT molecular complexity index is 624. The molecule has 0 atom stereocenters. The van der Waals surface area contributed by atoms with Gasteiger partial charge in [-0.2, -0.15) is 0 Å². The van der Waals surface area contributed by atoms with Crippen molar-refractivity contribution in [2.45, 2.75) is 6.54 Å². The number of rotatable bonds is 5. The van der Waals surface area contributed by atoms with E-state index in [-0.39, 0.29) is 5.84 Å². The van der Waals surface area contributed by atoms with Gasteiger partial charge in [-0.3, -0.25) is 0 Å². The van der Waals surface area contributed by atoms with Gasteiger partial charge in [-0.1, -0.05) is 17.3 Å². The minimum Gasteiger partial charge on any atom is -0.497 e. The van der Waals surface area contributed by atoms with Crippen LogP contribution in [0.1, 0.15) is 11.1 Å². The monoisotopic (exact) mass is 285 g/mol. The number of benzene rings is 2. The third-order valence-corrected chi connectivity index (χ3v) is 3.27. The molecule has 0 aliphatic carbocycles. The first-order valence-corrected chi connectivity index (χ1v) is 6.56. The molecule has 0 aliphatic heterocycles. The van der Waals surface area contributed by atoms with Crippen molar-refractivity contribution >= 4 is 11.5 Å². The largest absolute Gasteiger partial charge is 0.497 e. The van der Waals surface area contributed by atoms with Gasteiger partial charge in [0.2, 0.25) is 0 Å². The molecule has 0 unspecified atom stereocenters. The SMILES string of the molecule is COc1cccc(CN(C)c2ccc(C(N)=NO)cc2)c1. The summed E-state index contributed by atoms with van der Waals surface area (Å²) in [4.78, 5) is 2.12. The van der Waals surface area contributed by atoms with Gasteiger partial charge in [0.15, 0.2) is 5.84 Å². The van der Waals surface area contributed by atoms with E-state index in [9.17, 15) is 0 Å². The number of hydrogen-bond donors (Lipinski definition) is 2. The lowest BCUT2D eigenvalue weighted by Crippen LogP contribution is -2.17. The number of nitrogens with two attached hydrogens (primary N) is 1. The molecule has 0 saturated heterocycles. The van der Waals surface area contributed by atoms with Gasteiger partial charge in [-0.25, -0.2) is 0 Å². The van der Waals surface area contributed by atoms with E-state index in [4.69, 9.17) is 15.7 Å². The Morgan fingerprint density at radius 2 is 1.95 bits per heavy atom. The van der Waals surface area contributed by atoms with Crippen LogP contribution in [-0.4, -0.2) is 25.2 Å². The van der Waals surface area contributed by atoms with Crippen LogP contribution in [0.2, 0.25) is 0 Å². The fourth-order valence-corrected chi connectivity index (χ4v) is 2.08. The molecule has 0 fully saturated rings. The highest BCUT2D eigenvalue weighted by molar-refractivity contribution is 5.97. The first kappa shape index (κ1) is 14.7. The maximum Gasteiger partial charge on any atom is 0.170 e. The van der Waals surface area contributed by atoms with E-state index in [1.807, 2.05) is 49.5 Å². The molecule has 0 heterocycles. The second kappa shape index (κ2) is 6.65. The summed E-state index contributed by atoms with van der Waals surface area (Å²) in [6.07, 6.45) is 0. The van der Waals surface area contributed by atoms with Gasteiger partial charge in [0.1, 0.15) is 5.75 Å². The van der Waals surface area contributed by atoms with Crippen LogP contribution in [0.15, 0.2) is 53.7 Å². The first-order chi connectivity index (χ1) is 10.1. The zero-order valence-electron chi connectivity index (χ0n) is 12.2. The molecule has 0 aromatic heterocycles. The van der Waals surface area contributed by atoms with E-state index in [0.29, 0.717) is 5.56 Å². The Hall–Kier alpha value is -2.69. The van der Waals surface area contributed by atoms with Crippen molar-refractivity contribution in [2.24, 2.45) is 10.9 Å². The Balaban J connectivity index is 2.10. The summed E-state index contributed by atoms with van der Waals surface area (Å²) in [7, 11) is 3.67. The minimum atomic E-state index is 0.108. The molecule has 0 aliphatic rings. The van der Waals surface area contributed by atoms with E-state index in [0.717, 1.165) is 23.5 Å². The molecule has 0 bridgehead atoms. The third-order valence-electron chi connectivity index (χ3n) is 3.27. The van der Waals surface area contributed by atoms with Crippen molar-refractivity contribution in [3.63, 3.8) is 0 Å². The average molecular weight is 285 g/mol. The minimum absolute atomic E-state index is 0.108. The molecule has 2 aromatic rings. The maximum absolute atomic E-state index is 8.65. The number of hydrogen-bond acceptors (Lipinski definition) is 4. The second-order valence-electron chi connectivity index (χ2n) is 4.74. The first-order valence-electron chi connectivity index (χ1n) is 6.56. The molecular formula is C16H19N3O2. The molecule has 2 aromatic carbocycles. The standard InChI is InChI=1S/C16H19N3O2/c1-19(11-12-4-3-5-15(10-12)21-2)14-8-6-13(7-9-14)16(17)18-20/h3-10,20H,11H2,1-2H3,(H2,17,18). The third kappa shape index (κ3) is 3.66. The molecule has 110 valence electrons. The summed E-state index contributed by atoms with van der Waals surface area (Å²) in [5.41, 5.74) is 8.45. The Morgan fingerprint density at radius 1 is 1.24 bits per heavy atom. The zero-order chi connectivity index (χ0) is 15.2. The molecule has 0 spiro atoms. The second-order valence-corrected chi connectivity index (χ2v) is 4.74. The Labute approximate surface area is 124 Å². The van der Waals surface area contributed by atoms with Crippen LogP contribution in [0.4, 0.5) is 5.69 Å². The van der Waals surface area contributed by atoms with Crippen LogP contribution < -0.4 is 15.4 Å². The van der Waals surface area contributed by atoms with Crippen LogP contribution in [0.25, 0.3) is 0 Å². The highest BCUT2D eigenvalue weighted by Crippen LogP contribution is 2.19. The van der Waals surface area contributed by atoms with Crippen molar-refractivity contribution in [1.29, 1.82) is 0 Å². The lowest BCUT2D eigenvalue weighted by molar-refractivity contribution is 0.318. The number of ether oxygens (including phenoxy) is 1. The summed E-state index contributed by atoms with van der Waals surface area (Å²) >= 11 is 0. The lowest BCUT2D eigenvalue weighted by Gasteiger charge is -2.20. The zero-order valence-corrected chi connectivity index (χ0v) is 12.2. The van der Waals surface area contributed by atoms with Crippen molar-refractivity contribution in [1.82, 2.24) is 0 Å². The maximum atomic E-state index is 8.65. The predicted molar refractivity (Wildman–Crippen MR) is 84.1 cm³/mol. The van der Waals surface area contributed by atoms with E-state index in [1.54, 1.807) is 7.11 Å². The van der Waals surface area contributed by atoms with Crippen LogP contribution in [0, 0.1) is 0 Å². The van der Waals surface area contributed by atoms with E-state index >= 15 is 0 Å². The number of anilines is 1. The molecule has 0 radical (unpaired) electrons. The number of nitrogens with zero attached hydrogens (tertiary/aromatic N) is 2. The highest BCUT2D eigenvalue weighted by atomic mass is 16.5. The van der Waals surface area contributed by atoms with Crippen molar-refractivity contribution < 1.29 is 9.94 Å². The molecule has 21 heavy (non-hydrogen) atoms. The van der Waals surface area contributed by atoms with Crippen LogP contribution in [-0.2, 0) is 6.54 Å². The van der Waals surface area contributed by atoms with Gasteiger partial charge in [-0.05, 0) is 42.0 Å². The van der Waals surface area contributed by atoms with Gasteiger partial charge < -0.3 is 20.6 Å².